The summed E-state index contributed by atoms with van der Waals surface area (Å²) >= 11 is 0. The van der Waals surface area contributed by atoms with Crippen LogP contribution in [-0.4, -0.2) is 29.6 Å². The highest BCUT2D eigenvalue weighted by atomic mass is 16.3. The minimum atomic E-state index is -0.393. The van der Waals surface area contributed by atoms with Crippen LogP contribution in [0.25, 0.3) is 0 Å². The maximum absolute atomic E-state index is 11.1. The molecule has 1 unspecified atom stereocenters. The van der Waals surface area contributed by atoms with Crippen molar-refractivity contribution in [3.05, 3.63) is 70.8 Å². The van der Waals surface area contributed by atoms with Crippen molar-refractivity contribution in [3.63, 3.8) is 0 Å². The first kappa shape index (κ1) is 17.2. The van der Waals surface area contributed by atoms with Gasteiger partial charge in [-0.3, -0.25) is 0 Å². The van der Waals surface area contributed by atoms with Gasteiger partial charge < -0.3 is 10.0 Å². The second kappa shape index (κ2) is 7.50. The number of aliphatic hydroxyl groups excluding tert-OH is 1. The fraction of sp³-hybridized carbons (Fsp3) is 0.455. The van der Waals surface area contributed by atoms with E-state index in [1.54, 1.807) is 0 Å². The Morgan fingerprint density at radius 3 is 2.17 bits per heavy atom. The molecule has 3 atom stereocenters. The van der Waals surface area contributed by atoms with Gasteiger partial charge in [-0.15, -0.1) is 0 Å². The van der Waals surface area contributed by atoms with Gasteiger partial charge in [0.2, 0.25) is 0 Å². The monoisotopic (exact) mass is 323 g/mol. The molecule has 0 aromatic heterocycles. The van der Waals surface area contributed by atoms with Crippen LogP contribution in [0.2, 0.25) is 0 Å². The van der Waals surface area contributed by atoms with Gasteiger partial charge in [0, 0.05) is 12.5 Å². The molecule has 0 radical (unpaired) electrons. The Balaban J connectivity index is 1.88. The molecule has 128 valence electrons. The van der Waals surface area contributed by atoms with E-state index in [4.69, 9.17) is 0 Å². The highest BCUT2D eigenvalue weighted by Gasteiger charge is 2.35. The van der Waals surface area contributed by atoms with Crippen LogP contribution < -0.4 is 0 Å². The molecule has 2 aromatic rings. The highest BCUT2D eigenvalue weighted by Crippen LogP contribution is 2.40. The molecule has 2 heteroatoms. The summed E-state index contributed by atoms with van der Waals surface area (Å²) in [4.78, 5) is 2.50. The predicted molar refractivity (Wildman–Crippen MR) is 100 cm³/mol. The molecule has 2 nitrogen and oxygen atoms in total. The van der Waals surface area contributed by atoms with Crippen molar-refractivity contribution >= 4 is 0 Å². The molecule has 0 aliphatic carbocycles. The molecule has 3 rings (SSSR count). The first-order valence-electron chi connectivity index (χ1n) is 9.12. The van der Waals surface area contributed by atoms with Gasteiger partial charge in [0.05, 0.1) is 6.10 Å². The Morgan fingerprint density at radius 2 is 1.58 bits per heavy atom. The first-order valence-corrected chi connectivity index (χ1v) is 9.12. The summed E-state index contributed by atoms with van der Waals surface area (Å²) in [5.41, 5.74) is 4.93. The largest absolute Gasteiger partial charge is 0.388 e. The molecule has 1 aliphatic heterocycles. The molecule has 1 N–H and O–H groups in total. The molecule has 1 fully saturated rings. The number of likely N-dealkylation sites (tertiary alicyclic amines) is 1. The summed E-state index contributed by atoms with van der Waals surface area (Å²) in [6.45, 7) is 9.63. The van der Waals surface area contributed by atoms with Gasteiger partial charge in [0.25, 0.3) is 0 Å². The quantitative estimate of drug-likeness (QED) is 0.898. The van der Waals surface area contributed by atoms with Crippen LogP contribution >= 0.6 is 0 Å². The Labute approximate surface area is 146 Å². The standard InChI is InChI=1S/C22H29NO/c1-4-23-14-13-20(22(24)19-11-7-17(3)8-12-19)21(15-23)18-9-5-16(2)6-10-18/h5-12,20-22,24H,4,13-15H2,1-3H3/t20-,21+,22?/m0/s1. The maximum Gasteiger partial charge on any atom is 0.0825 e. The van der Waals surface area contributed by atoms with E-state index in [1.807, 2.05) is 0 Å². The summed E-state index contributed by atoms with van der Waals surface area (Å²) in [6, 6.07) is 17.2. The average molecular weight is 323 g/mol. The fourth-order valence-corrected chi connectivity index (χ4v) is 3.88. The highest BCUT2D eigenvalue weighted by molar-refractivity contribution is 5.29. The van der Waals surface area contributed by atoms with E-state index >= 15 is 0 Å². The summed E-state index contributed by atoms with van der Waals surface area (Å²) in [7, 11) is 0. The van der Waals surface area contributed by atoms with E-state index in [1.165, 1.54) is 16.7 Å². The zero-order valence-electron chi connectivity index (χ0n) is 15.1. The Bertz CT molecular complexity index is 647. The minimum absolute atomic E-state index is 0.276. The average Bonchev–Trinajstić information content (AvgIpc) is 2.62. The van der Waals surface area contributed by atoms with Crippen molar-refractivity contribution in [1.82, 2.24) is 4.90 Å². The van der Waals surface area contributed by atoms with Crippen LogP contribution in [0.4, 0.5) is 0 Å². The third-order valence-corrected chi connectivity index (χ3v) is 5.53. The Kier molecular flexibility index (Phi) is 5.37. The smallest absolute Gasteiger partial charge is 0.0825 e. The maximum atomic E-state index is 11.1. The summed E-state index contributed by atoms with van der Waals surface area (Å²) in [5.74, 6) is 0.661. The van der Waals surface area contributed by atoms with Gasteiger partial charge in [0.1, 0.15) is 0 Å². The second-order valence-corrected chi connectivity index (χ2v) is 7.22. The van der Waals surface area contributed by atoms with E-state index in [-0.39, 0.29) is 5.92 Å². The molecule has 0 saturated carbocycles. The molecule has 0 amide bonds. The predicted octanol–water partition coefficient (Wildman–Crippen LogP) is 4.46. The fourth-order valence-electron chi connectivity index (χ4n) is 3.88. The number of aliphatic hydroxyl groups is 1. The van der Waals surface area contributed by atoms with Crippen LogP contribution in [-0.2, 0) is 0 Å². The Hall–Kier alpha value is -1.64. The van der Waals surface area contributed by atoms with Gasteiger partial charge in [-0.05, 0) is 50.4 Å². The van der Waals surface area contributed by atoms with Crippen LogP contribution in [0.5, 0.6) is 0 Å². The van der Waals surface area contributed by atoms with Gasteiger partial charge >= 0.3 is 0 Å². The van der Waals surface area contributed by atoms with Crippen molar-refractivity contribution < 1.29 is 5.11 Å². The van der Waals surface area contributed by atoms with E-state index in [2.05, 4.69) is 74.2 Å². The van der Waals surface area contributed by atoms with Crippen molar-refractivity contribution in [3.8, 4) is 0 Å². The van der Waals surface area contributed by atoms with Gasteiger partial charge in [-0.25, -0.2) is 0 Å². The number of likely N-dealkylation sites (N-methyl/N-ethyl adjacent to an activating group) is 1. The molecular weight excluding hydrogens is 294 g/mol. The zero-order valence-corrected chi connectivity index (χ0v) is 15.1. The van der Waals surface area contributed by atoms with Gasteiger partial charge in [-0.2, -0.15) is 0 Å². The minimum Gasteiger partial charge on any atom is -0.388 e. The molecule has 2 aromatic carbocycles. The van der Waals surface area contributed by atoms with E-state index in [0.717, 1.165) is 31.6 Å². The molecule has 1 aliphatic rings. The number of piperidine rings is 1. The SMILES string of the molecule is CCN1CC[C@H](C(O)c2ccc(C)cc2)[C@@H](c2ccc(C)cc2)C1. The lowest BCUT2D eigenvalue weighted by Gasteiger charge is -2.40. The molecule has 24 heavy (non-hydrogen) atoms. The topological polar surface area (TPSA) is 23.5 Å². The summed E-state index contributed by atoms with van der Waals surface area (Å²) < 4.78 is 0. The molecule has 1 heterocycles. The van der Waals surface area contributed by atoms with E-state index < -0.39 is 6.10 Å². The van der Waals surface area contributed by atoms with E-state index in [9.17, 15) is 5.11 Å². The van der Waals surface area contributed by atoms with Crippen molar-refractivity contribution in [2.24, 2.45) is 5.92 Å². The lowest BCUT2D eigenvalue weighted by Crippen LogP contribution is -2.41. The van der Waals surface area contributed by atoms with Crippen LogP contribution in [0.1, 0.15) is 47.6 Å². The van der Waals surface area contributed by atoms with Crippen LogP contribution in [0.15, 0.2) is 48.5 Å². The number of aryl methyl sites for hydroxylation is 2. The molecule has 0 spiro atoms. The van der Waals surface area contributed by atoms with Crippen molar-refractivity contribution in [2.75, 3.05) is 19.6 Å². The van der Waals surface area contributed by atoms with Crippen LogP contribution in [0.3, 0.4) is 0 Å². The van der Waals surface area contributed by atoms with Crippen LogP contribution in [0, 0.1) is 19.8 Å². The number of benzene rings is 2. The van der Waals surface area contributed by atoms with Gasteiger partial charge in [-0.1, -0.05) is 66.6 Å². The third kappa shape index (κ3) is 3.71. The first-order chi connectivity index (χ1) is 11.6. The number of nitrogens with zero attached hydrogens (tertiary/aromatic N) is 1. The molecular formula is C22H29NO. The van der Waals surface area contributed by atoms with E-state index in [0.29, 0.717) is 5.92 Å². The number of hydrogen-bond donors (Lipinski definition) is 1. The van der Waals surface area contributed by atoms with Crippen molar-refractivity contribution in [1.29, 1.82) is 0 Å². The summed E-state index contributed by atoms with van der Waals surface area (Å²) in [5, 5.41) is 11.1. The third-order valence-electron chi connectivity index (χ3n) is 5.53. The van der Waals surface area contributed by atoms with Gasteiger partial charge in [0.15, 0.2) is 0 Å². The summed E-state index contributed by atoms with van der Waals surface area (Å²) in [6.07, 6.45) is 0.650. The number of rotatable bonds is 4. The zero-order chi connectivity index (χ0) is 17.1. The Morgan fingerprint density at radius 1 is 1.00 bits per heavy atom. The van der Waals surface area contributed by atoms with Crippen molar-refractivity contribution in [2.45, 2.75) is 39.2 Å². The molecule has 0 bridgehead atoms. The lowest BCUT2D eigenvalue weighted by molar-refractivity contribution is 0.0438. The second-order valence-electron chi connectivity index (χ2n) is 7.22. The number of hydrogen-bond acceptors (Lipinski definition) is 2. The molecule has 1 saturated heterocycles. The lowest BCUT2D eigenvalue weighted by atomic mass is 9.75. The normalized spacial score (nSPS) is 23.2.